The van der Waals surface area contributed by atoms with Gasteiger partial charge in [-0.2, -0.15) is 5.26 Å². The van der Waals surface area contributed by atoms with E-state index in [-0.39, 0.29) is 5.92 Å². The van der Waals surface area contributed by atoms with Crippen LogP contribution in [0.2, 0.25) is 0 Å². The predicted octanol–water partition coefficient (Wildman–Crippen LogP) is 4.15. The van der Waals surface area contributed by atoms with Crippen molar-refractivity contribution in [2.75, 3.05) is 11.1 Å². The second-order valence-electron chi connectivity index (χ2n) is 4.64. The van der Waals surface area contributed by atoms with Crippen LogP contribution in [0.25, 0.3) is 0 Å². The molecule has 0 aliphatic heterocycles. The van der Waals surface area contributed by atoms with Crippen molar-refractivity contribution in [1.29, 1.82) is 5.26 Å². The predicted molar refractivity (Wildman–Crippen MR) is 84.6 cm³/mol. The third-order valence-electron chi connectivity index (χ3n) is 2.84. The van der Waals surface area contributed by atoms with E-state index in [1.165, 1.54) is 22.5 Å². The largest absolute Gasteiger partial charge is 0.330 e. The van der Waals surface area contributed by atoms with Gasteiger partial charge in [0.15, 0.2) is 4.34 Å². The summed E-state index contributed by atoms with van der Waals surface area (Å²) in [6.07, 6.45) is 0. The van der Waals surface area contributed by atoms with E-state index in [4.69, 9.17) is 5.26 Å². The number of hydrogen-bond donors (Lipinski definition) is 1. The summed E-state index contributed by atoms with van der Waals surface area (Å²) in [5.74, 6) is 0.773. The molecule has 0 aliphatic carbocycles. The fourth-order valence-corrected chi connectivity index (χ4v) is 3.23. The quantitative estimate of drug-likeness (QED) is 0.841. The van der Waals surface area contributed by atoms with Crippen molar-refractivity contribution in [2.24, 2.45) is 5.92 Å². The van der Waals surface area contributed by atoms with Gasteiger partial charge in [0, 0.05) is 11.4 Å². The van der Waals surface area contributed by atoms with Crippen molar-refractivity contribution < 1.29 is 0 Å². The van der Waals surface area contributed by atoms with Crippen LogP contribution in [0.5, 0.6) is 0 Å². The van der Waals surface area contributed by atoms with Crippen LogP contribution < -0.4 is 5.32 Å². The number of nitrogens with one attached hydrogen (secondary N) is 1. The SMILES string of the molecule is Cc1ccc(Nc2nnc(SC[C@@H](C)C#N)s2)cc1C. The molecular formula is C14H16N4S2. The minimum atomic E-state index is 0.0278. The average molecular weight is 304 g/mol. The molecule has 1 atom stereocenters. The van der Waals surface area contributed by atoms with E-state index in [0.717, 1.165) is 20.9 Å². The Morgan fingerprint density at radius 1 is 1.35 bits per heavy atom. The van der Waals surface area contributed by atoms with Crippen LogP contribution in [0, 0.1) is 31.1 Å². The van der Waals surface area contributed by atoms with Crippen molar-refractivity contribution in [3.63, 3.8) is 0 Å². The Hall–Kier alpha value is -1.58. The molecule has 0 saturated carbocycles. The fraction of sp³-hybridized carbons (Fsp3) is 0.357. The third kappa shape index (κ3) is 3.95. The van der Waals surface area contributed by atoms with Gasteiger partial charge in [-0.05, 0) is 44.0 Å². The first-order chi connectivity index (χ1) is 9.58. The Kier molecular flexibility index (Phi) is 4.99. The summed E-state index contributed by atoms with van der Waals surface area (Å²) < 4.78 is 0.887. The summed E-state index contributed by atoms with van der Waals surface area (Å²) >= 11 is 3.08. The topological polar surface area (TPSA) is 61.6 Å². The van der Waals surface area contributed by atoms with E-state index in [2.05, 4.69) is 47.6 Å². The molecule has 0 radical (unpaired) electrons. The molecule has 0 fully saturated rings. The molecular weight excluding hydrogens is 288 g/mol. The van der Waals surface area contributed by atoms with Gasteiger partial charge in [-0.1, -0.05) is 29.2 Å². The van der Waals surface area contributed by atoms with Crippen LogP contribution in [0.3, 0.4) is 0 Å². The normalized spacial score (nSPS) is 11.9. The van der Waals surface area contributed by atoms with Gasteiger partial charge in [0.2, 0.25) is 5.13 Å². The molecule has 1 aromatic carbocycles. The van der Waals surface area contributed by atoms with E-state index in [0.29, 0.717) is 0 Å². The van der Waals surface area contributed by atoms with Gasteiger partial charge in [0.05, 0.1) is 12.0 Å². The summed E-state index contributed by atoms with van der Waals surface area (Å²) in [5.41, 5.74) is 3.54. The zero-order valence-electron chi connectivity index (χ0n) is 11.7. The van der Waals surface area contributed by atoms with Gasteiger partial charge in [-0.3, -0.25) is 0 Å². The minimum Gasteiger partial charge on any atom is -0.330 e. The minimum absolute atomic E-state index is 0.0278. The number of aryl methyl sites for hydroxylation is 2. The van der Waals surface area contributed by atoms with E-state index >= 15 is 0 Å². The molecule has 1 aromatic heterocycles. The molecule has 20 heavy (non-hydrogen) atoms. The lowest BCUT2D eigenvalue weighted by Crippen LogP contribution is -1.92. The van der Waals surface area contributed by atoms with Gasteiger partial charge in [-0.25, -0.2) is 0 Å². The second-order valence-corrected chi connectivity index (χ2v) is 6.88. The standard InChI is InChI=1S/C14H16N4S2/c1-9(7-15)8-19-14-18-17-13(20-14)16-12-5-4-10(2)11(3)6-12/h4-6,9H,8H2,1-3H3,(H,16,17)/t9-/m0/s1. The highest BCUT2D eigenvalue weighted by atomic mass is 32.2. The lowest BCUT2D eigenvalue weighted by Gasteiger charge is -2.05. The number of thioether (sulfide) groups is 1. The monoisotopic (exact) mass is 304 g/mol. The molecule has 6 heteroatoms. The van der Waals surface area contributed by atoms with Gasteiger partial charge >= 0.3 is 0 Å². The number of nitriles is 1. The Labute approximate surface area is 127 Å². The van der Waals surface area contributed by atoms with E-state index in [1.807, 2.05) is 13.0 Å². The van der Waals surface area contributed by atoms with Crippen molar-refractivity contribution >= 4 is 33.9 Å². The molecule has 1 heterocycles. The maximum atomic E-state index is 8.75. The third-order valence-corrected chi connectivity index (χ3v) is 5.07. The Morgan fingerprint density at radius 3 is 2.85 bits per heavy atom. The summed E-state index contributed by atoms with van der Waals surface area (Å²) in [4.78, 5) is 0. The molecule has 2 rings (SSSR count). The van der Waals surface area contributed by atoms with Crippen molar-refractivity contribution in [3.8, 4) is 6.07 Å². The molecule has 0 unspecified atom stereocenters. The van der Waals surface area contributed by atoms with Gasteiger partial charge in [0.25, 0.3) is 0 Å². The highest BCUT2D eigenvalue weighted by molar-refractivity contribution is 8.01. The van der Waals surface area contributed by atoms with Gasteiger partial charge < -0.3 is 5.32 Å². The highest BCUT2D eigenvalue weighted by Gasteiger charge is 2.08. The molecule has 2 aromatic rings. The fourth-order valence-electron chi connectivity index (χ4n) is 1.49. The number of anilines is 2. The summed E-state index contributed by atoms with van der Waals surface area (Å²) in [7, 11) is 0. The maximum Gasteiger partial charge on any atom is 0.210 e. The van der Waals surface area contributed by atoms with Crippen LogP contribution in [0.1, 0.15) is 18.1 Å². The van der Waals surface area contributed by atoms with Gasteiger partial charge in [0.1, 0.15) is 0 Å². The molecule has 0 bridgehead atoms. The highest BCUT2D eigenvalue weighted by Crippen LogP contribution is 2.29. The molecule has 0 spiro atoms. The summed E-state index contributed by atoms with van der Waals surface area (Å²) in [5, 5.41) is 21.0. The molecule has 104 valence electrons. The van der Waals surface area contributed by atoms with Gasteiger partial charge in [-0.15, -0.1) is 10.2 Å². The molecule has 4 nitrogen and oxygen atoms in total. The summed E-state index contributed by atoms with van der Waals surface area (Å²) in [6, 6.07) is 8.43. The number of benzene rings is 1. The Bertz CT molecular complexity index is 630. The second kappa shape index (κ2) is 6.73. The first kappa shape index (κ1) is 14.8. The van der Waals surface area contributed by atoms with E-state index < -0.39 is 0 Å². The molecule has 0 aliphatic rings. The number of rotatable bonds is 5. The molecule has 0 amide bonds. The lowest BCUT2D eigenvalue weighted by atomic mass is 10.1. The molecule has 1 N–H and O–H groups in total. The zero-order valence-corrected chi connectivity index (χ0v) is 13.3. The van der Waals surface area contributed by atoms with Crippen LogP contribution in [-0.2, 0) is 0 Å². The van der Waals surface area contributed by atoms with E-state index in [1.54, 1.807) is 11.8 Å². The van der Waals surface area contributed by atoms with Crippen molar-refractivity contribution in [3.05, 3.63) is 29.3 Å². The maximum absolute atomic E-state index is 8.75. The summed E-state index contributed by atoms with van der Waals surface area (Å²) in [6.45, 7) is 6.09. The van der Waals surface area contributed by atoms with Crippen LogP contribution in [-0.4, -0.2) is 16.0 Å². The number of aromatic nitrogens is 2. The smallest absolute Gasteiger partial charge is 0.210 e. The van der Waals surface area contributed by atoms with E-state index in [9.17, 15) is 0 Å². The van der Waals surface area contributed by atoms with Crippen molar-refractivity contribution in [2.45, 2.75) is 25.1 Å². The first-order valence-electron chi connectivity index (χ1n) is 6.28. The lowest BCUT2D eigenvalue weighted by molar-refractivity contribution is 0.862. The van der Waals surface area contributed by atoms with Crippen LogP contribution in [0.4, 0.5) is 10.8 Å². The molecule has 0 saturated heterocycles. The number of nitrogens with zero attached hydrogens (tertiary/aromatic N) is 3. The van der Waals surface area contributed by atoms with Crippen LogP contribution >= 0.6 is 23.1 Å². The zero-order chi connectivity index (χ0) is 14.5. The average Bonchev–Trinajstić information content (AvgIpc) is 2.88. The first-order valence-corrected chi connectivity index (χ1v) is 8.09. The Morgan fingerprint density at radius 2 is 2.15 bits per heavy atom. The van der Waals surface area contributed by atoms with Crippen molar-refractivity contribution in [1.82, 2.24) is 10.2 Å². The Balaban J connectivity index is 1.99. The number of hydrogen-bond acceptors (Lipinski definition) is 6. The van der Waals surface area contributed by atoms with Crippen LogP contribution in [0.15, 0.2) is 22.5 Å².